The van der Waals surface area contributed by atoms with Gasteiger partial charge in [-0.15, -0.1) is 0 Å². The van der Waals surface area contributed by atoms with E-state index in [1.54, 1.807) is 0 Å². The molecule has 1 fully saturated rings. The van der Waals surface area contributed by atoms with Crippen LogP contribution in [0.15, 0.2) is 24.3 Å². The van der Waals surface area contributed by atoms with Crippen molar-refractivity contribution in [3.8, 4) is 0 Å². The summed E-state index contributed by atoms with van der Waals surface area (Å²) in [5, 5.41) is 16.6. The summed E-state index contributed by atoms with van der Waals surface area (Å²) in [6.45, 7) is 0.212. The molecule has 1 aliphatic rings. The van der Waals surface area contributed by atoms with Gasteiger partial charge in [-0.25, -0.2) is 0 Å². The molecule has 3 heteroatoms. The Kier molecular flexibility index (Phi) is 2.73. The van der Waals surface area contributed by atoms with Crippen molar-refractivity contribution >= 4 is 5.84 Å². The van der Waals surface area contributed by atoms with Gasteiger partial charge in [0.15, 0.2) is 0 Å². The number of aliphatic hydroxyl groups is 1. The van der Waals surface area contributed by atoms with Crippen molar-refractivity contribution in [2.45, 2.75) is 18.8 Å². The molecule has 0 saturated heterocycles. The monoisotopic (exact) mass is 204 g/mol. The minimum atomic E-state index is 0.0912. The van der Waals surface area contributed by atoms with Gasteiger partial charge in [0.2, 0.25) is 0 Å². The van der Waals surface area contributed by atoms with Crippen LogP contribution in [0, 0.1) is 11.3 Å². The average Bonchev–Trinajstić information content (AvgIpc) is 3.04. The number of hydrogen-bond donors (Lipinski definition) is 3. The topological polar surface area (TPSA) is 70.1 Å². The van der Waals surface area contributed by atoms with Crippen LogP contribution in [-0.2, 0) is 0 Å². The highest BCUT2D eigenvalue weighted by Gasteiger charge is 2.31. The Labute approximate surface area is 89.4 Å². The van der Waals surface area contributed by atoms with Crippen LogP contribution in [0.3, 0.4) is 0 Å². The Morgan fingerprint density at radius 3 is 2.40 bits per heavy atom. The van der Waals surface area contributed by atoms with E-state index >= 15 is 0 Å². The van der Waals surface area contributed by atoms with Crippen molar-refractivity contribution in [2.75, 3.05) is 6.61 Å². The van der Waals surface area contributed by atoms with Gasteiger partial charge in [-0.3, -0.25) is 5.41 Å². The number of nitrogen functional groups attached to an aromatic ring is 1. The van der Waals surface area contributed by atoms with Crippen LogP contribution in [0.1, 0.15) is 29.9 Å². The smallest absolute Gasteiger partial charge is 0.122 e. The summed E-state index contributed by atoms with van der Waals surface area (Å²) in [4.78, 5) is 0. The summed E-state index contributed by atoms with van der Waals surface area (Å²) in [7, 11) is 0. The van der Waals surface area contributed by atoms with E-state index in [1.165, 1.54) is 12.8 Å². The third kappa shape index (κ3) is 2.18. The molecule has 1 saturated carbocycles. The number of aliphatic hydroxyl groups excluding tert-OH is 1. The molecular formula is C12H16N2O. The Morgan fingerprint density at radius 1 is 1.40 bits per heavy atom. The Balaban J connectivity index is 2.17. The summed E-state index contributed by atoms with van der Waals surface area (Å²) in [6, 6.07) is 7.64. The zero-order valence-corrected chi connectivity index (χ0v) is 8.61. The van der Waals surface area contributed by atoms with Crippen LogP contribution in [0.2, 0.25) is 0 Å². The first-order valence-electron chi connectivity index (χ1n) is 5.27. The van der Waals surface area contributed by atoms with E-state index in [0.29, 0.717) is 5.92 Å². The molecule has 0 aromatic heterocycles. The van der Waals surface area contributed by atoms with Gasteiger partial charge in [-0.05, 0) is 24.3 Å². The molecule has 0 heterocycles. The molecule has 80 valence electrons. The minimum absolute atomic E-state index is 0.0912. The molecule has 1 aromatic rings. The maximum absolute atomic E-state index is 9.30. The van der Waals surface area contributed by atoms with E-state index in [2.05, 4.69) is 0 Å². The molecule has 1 unspecified atom stereocenters. The normalized spacial score (nSPS) is 17.4. The predicted octanol–water partition coefficient (Wildman–Crippen LogP) is 1.46. The molecule has 2 rings (SSSR count). The molecule has 3 nitrogen and oxygen atoms in total. The Morgan fingerprint density at radius 2 is 2.00 bits per heavy atom. The van der Waals surface area contributed by atoms with Gasteiger partial charge < -0.3 is 10.8 Å². The number of rotatable bonds is 4. The standard InChI is InChI=1S/C12H16N2O/c13-12(14)10-5-3-9(4-6-10)11(7-15)8-1-2-8/h3-6,8,11,15H,1-2,7H2,(H3,13,14). The van der Waals surface area contributed by atoms with E-state index in [1.807, 2.05) is 24.3 Å². The predicted molar refractivity (Wildman–Crippen MR) is 60.0 cm³/mol. The van der Waals surface area contributed by atoms with E-state index in [4.69, 9.17) is 11.1 Å². The van der Waals surface area contributed by atoms with Crippen LogP contribution in [0.25, 0.3) is 0 Å². The van der Waals surface area contributed by atoms with Crippen LogP contribution in [0.4, 0.5) is 0 Å². The summed E-state index contributed by atoms with van der Waals surface area (Å²) in [5.74, 6) is 1.01. The number of nitrogens with one attached hydrogen (secondary N) is 1. The van der Waals surface area contributed by atoms with Gasteiger partial charge in [-0.2, -0.15) is 0 Å². The lowest BCUT2D eigenvalue weighted by Gasteiger charge is -2.13. The highest BCUT2D eigenvalue weighted by molar-refractivity contribution is 5.94. The van der Waals surface area contributed by atoms with Crippen molar-refractivity contribution in [3.05, 3.63) is 35.4 Å². The molecule has 0 spiro atoms. The Bertz CT molecular complexity index is 354. The second-order valence-electron chi connectivity index (χ2n) is 4.16. The van der Waals surface area contributed by atoms with Crippen LogP contribution < -0.4 is 5.73 Å². The molecule has 1 atom stereocenters. The summed E-state index contributed by atoms with van der Waals surface area (Å²) in [5.41, 5.74) is 7.28. The molecule has 4 N–H and O–H groups in total. The first kappa shape index (κ1) is 10.2. The minimum Gasteiger partial charge on any atom is -0.396 e. The number of nitrogens with two attached hydrogens (primary N) is 1. The molecule has 1 aromatic carbocycles. The fourth-order valence-electron chi connectivity index (χ4n) is 1.94. The summed E-state index contributed by atoms with van der Waals surface area (Å²) in [6.07, 6.45) is 2.44. The first-order chi connectivity index (χ1) is 7.22. The van der Waals surface area contributed by atoms with Crippen molar-refractivity contribution < 1.29 is 5.11 Å². The highest BCUT2D eigenvalue weighted by atomic mass is 16.3. The lowest BCUT2D eigenvalue weighted by atomic mass is 9.94. The van der Waals surface area contributed by atoms with E-state index < -0.39 is 0 Å². The van der Waals surface area contributed by atoms with E-state index in [-0.39, 0.29) is 18.4 Å². The molecule has 0 aliphatic heterocycles. The molecule has 0 radical (unpaired) electrons. The lowest BCUT2D eigenvalue weighted by Crippen LogP contribution is -2.12. The summed E-state index contributed by atoms with van der Waals surface area (Å²) >= 11 is 0. The van der Waals surface area contributed by atoms with Crippen LogP contribution in [-0.4, -0.2) is 17.5 Å². The van der Waals surface area contributed by atoms with Crippen LogP contribution in [0.5, 0.6) is 0 Å². The first-order valence-corrected chi connectivity index (χ1v) is 5.27. The molecular weight excluding hydrogens is 188 g/mol. The van der Waals surface area contributed by atoms with E-state index in [0.717, 1.165) is 11.1 Å². The SMILES string of the molecule is N=C(N)c1ccc(C(CO)C2CC2)cc1. The maximum Gasteiger partial charge on any atom is 0.122 e. The second-order valence-corrected chi connectivity index (χ2v) is 4.16. The zero-order valence-electron chi connectivity index (χ0n) is 8.61. The third-order valence-corrected chi connectivity index (χ3v) is 3.04. The van der Waals surface area contributed by atoms with Gasteiger partial charge in [0, 0.05) is 11.5 Å². The molecule has 15 heavy (non-hydrogen) atoms. The van der Waals surface area contributed by atoms with Gasteiger partial charge >= 0.3 is 0 Å². The zero-order chi connectivity index (χ0) is 10.8. The largest absolute Gasteiger partial charge is 0.396 e. The Hall–Kier alpha value is -1.35. The van der Waals surface area contributed by atoms with E-state index in [9.17, 15) is 5.11 Å². The molecule has 0 bridgehead atoms. The van der Waals surface area contributed by atoms with Crippen molar-refractivity contribution in [1.29, 1.82) is 5.41 Å². The maximum atomic E-state index is 9.30. The molecule has 1 aliphatic carbocycles. The highest BCUT2D eigenvalue weighted by Crippen LogP contribution is 2.42. The van der Waals surface area contributed by atoms with Gasteiger partial charge in [0.1, 0.15) is 5.84 Å². The van der Waals surface area contributed by atoms with Crippen LogP contribution >= 0.6 is 0 Å². The average molecular weight is 204 g/mol. The van der Waals surface area contributed by atoms with Crippen molar-refractivity contribution in [1.82, 2.24) is 0 Å². The van der Waals surface area contributed by atoms with Gasteiger partial charge in [0.05, 0.1) is 6.61 Å². The number of benzene rings is 1. The lowest BCUT2D eigenvalue weighted by molar-refractivity contribution is 0.253. The van der Waals surface area contributed by atoms with Gasteiger partial charge in [-0.1, -0.05) is 24.3 Å². The summed E-state index contributed by atoms with van der Waals surface area (Å²) < 4.78 is 0. The fourth-order valence-corrected chi connectivity index (χ4v) is 1.94. The van der Waals surface area contributed by atoms with Gasteiger partial charge in [0.25, 0.3) is 0 Å². The number of hydrogen-bond acceptors (Lipinski definition) is 2. The quantitative estimate of drug-likeness (QED) is 0.513. The fraction of sp³-hybridized carbons (Fsp3) is 0.417. The third-order valence-electron chi connectivity index (χ3n) is 3.04. The van der Waals surface area contributed by atoms with Crippen molar-refractivity contribution in [3.63, 3.8) is 0 Å². The second kappa shape index (κ2) is 4.03. The molecule has 0 amide bonds. The number of amidine groups is 1. The van der Waals surface area contributed by atoms with Crippen molar-refractivity contribution in [2.24, 2.45) is 11.7 Å².